The smallest absolute Gasteiger partial charge is 0.326 e. The van der Waals surface area contributed by atoms with E-state index < -0.39 is 59.7 Å². The molecule has 1 aromatic rings. The van der Waals surface area contributed by atoms with Crippen LogP contribution in [0.15, 0.2) is 24.3 Å². The summed E-state index contributed by atoms with van der Waals surface area (Å²) < 4.78 is 0. The van der Waals surface area contributed by atoms with E-state index in [1.165, 1.54) is 31.2 Å². The molecule has 198 valence electrons. The van der Waals surface area contributed by atoms with Crippen LogP contribution in [-0.2, 0) is 35.2 Å². The number of nitrogens with two attached hydrogens (primary N) is 2. The topological polar surface area (TPSA) is 251 Å². The molecule has 1 aromatic carbocycles. The number of primary amides is 1. The number of phenolic OH excluding ortho intramolecular Hbond substituents is 1. The Morgan fingerprint density at radius 2 is 1.42 bits per heavy atom. The first-order valence-corrected chi connectivity index (χ1v) is 11.0. The maximum absolute atomic E-state index is 12.9. The van der Waals surface area contributed by atoms with Crippen LogP contribution in [0.1, 0.15) is 38.2 Å². The average Bonchev–Trinajstić information content (AvgIpc) is 2.80. The molecule has 4 atom stereocenters. The van der Waals surface area contributed by atoms with Crippen LogP contribution in [0.4, 0.5) is 0 Å². The van der Waals surface area contributed by atoms with Gasteiger partial charge in [-0.3, -0.25) is 24.0 Å². The number of aromatic hydroxyl groups is 1. The third-order valence-corrected chi connectivity index (χ3v) is 5.06. The molecule has 0 saturated heterocycles. The summed E-state index contributed by atoms with van der Waals surface area (Å²) in [5.41, 5.74) is 11.3. The molecule has 10 N–H and O–H groups in total. The van der Waals surface area contributed by atoms with Gasteiger partial charge in [-0.05, 0) is 37.5 Å². The standard InChI is InChI=1S/C22H31N5O9/c1-11(19(32)26-15(22(35)36)7-8-17(24)29)25-21(34)16(10-12-2-4-13(28)5-3-12)27-20(33)14(23)6-9-18(30)31/h2-5,11,14-16,28H,6-10,23H2,1H3,(H2,24,29)(H,25,34)(H,26,32)(H,27,33)(H,30,31)(H,35,36). The molecular weight excluding hydrogens is 478 g/mol. The number of nitrogens with one attached hydrogen (secondary N) is 3. The van der Waals surface area contributed by atoms with Gasteiger partial charge in [0.1, 0.15) is 23.9 Å². The second-order valence-electron chi connectivity index (χ2n) is 8.11. The van der Waals surface area contributed by atoms with Gasteiger partial charge in [-0.1, -0.05) is 12.1 Å². The summed E-state index contributed by atoms with van der Waals surface area (Å²) >= 11 is 0. The van der Waals surface area contributed by atoms with Crippen LogP contribution in [0.2, 0.25) is 0 Å². The number of amides is 4. The van der Waals surface area contributed by atoms with Gasteiger partial charge in [0, 0.05) is 19.3 Å². The van der Waals surface area contributed by atoms with E-state index in [1.807, 2.05) is 0 Å². The first-order valence-electron chi connectivity index (χ1n) is 11.0. The number of carboxylic acid groups (broad SMARTS) is 2. The molecule has 1 rings (SSSR count). The molecule has 0 fully saturated rings. The predicted octanol–water partition coefficient (Wildman–Crippen LogP) is -2.05. The molecular formula is C22H31N5O9. The minimum atomic E-state index is -1.41. The highest BCUT2D eigenvalue weighted by atomic mass is 16.4. The molecule has 0 aliphatic carbocycles. The van der Waals surface area contributed by atoms with E-state index in [0.29, 0.717) is 5.56 Å². The molecule has 0 radical (unpaired) electrons. The van der Waals surface area contributed by atoms with Gasteiger partial charge >= 0.3 is 11.9 Å². The molecule has 0 spiro atoms. The van der Waals surface area contributed by atoms with E-state index in [2.05, 4.69) is 16.0 Å². The Bertz CT molecular complexity index is 967. The average molecular weight is 510 g/mol. The Morgan fingerprint density at radius 1 is 0.833 bits per heavy atom. The van der Waals surface area contributed by atoms with Gasteiger partial charge in [-0.2, -0.15) is 0 Å². The van der Waals surface area contributed by atoms with Crippen molar-refractivity contribution in [1.29, 1.82) is 0 Å². The highest BCUT2D eigenvalue weighted by molar-refractivity contribution is 5.94. The largest absolute Gasteiger partial charge is 0.508 e. The van der Waals surface area contributed by atoms with Gasteiger partial charge in [0.25, 0.3) is 0 Å². The van der Waals surface area contributed by atoms with Gasteiger partial charge < -0.3 is 42.7 Å². The summed E-state index contributed by atoms with van der Waals surface area (Å²) in [5, 5.41) is 34.5. The first kappa shape index (κ1) is 29.8. The van der Waals surface area contributed by atoms with E-state index in [0.717, 1.165) is 0 Å². The lowest BCUT2D eigenvalue weighted by Gasteiger charge is -2.23. The second-order valence-corrected chi connectivity index (χ2v) is 8.11. The van der Waals surface area contributed by atoms with Crippen LogP contribution in [0, 0.1) is 0 Å². The Labute approximate surface area is 206 Å². The van der Waals surface area contributed by atoms with Crippen molar-refractivity contribution in [3.8, 4) is 5.75 Å². The van der Waals surface area contributed by atoms with Crippen molar-refractivity contribution >= 4 is 35.6 Å². The van der Waals surface area contributed by atoms with Crippen molar-refractivity contribution < 1.29 is 44.1 Å². The third-order valence-electron chi connectivity index (χ3n) is 5.06. The van der Waals surface area contributed by atoms with E-state index >= 15 is 0 Å². The highest BCUT2D eigenvalue weighted by Gasteiger charge is 2.28. The number of aliphatic carboxylic acids is 2. The summed E-state index contributed by atoms with van der Waals surface area (Å²) in [7, 11) is 0. The summed E-state index contributed by atoms with van der Waals surface area (Å²) in [6.07, 6.45) is -1.11. The number of rotatable bonds is 15. The molecule has 14 heteroatoms. The van der Waals surface area contributed by atoms with E-state index in [-0.39, 0.29) is 37.9 Å². The summed E-state index contributed by atoms with van der Waals surface area (Å²) in [5.74, 6) is -5.74. The van der Waals surface area contributed by atoms with Crippen LogP contribution in [0.5, 0.6) is 5.75 Å². The van der Waals surface area contributed by atoms with Gasteiger partial charge in [-0.25, -0.2) is 4.79 Å². The first-order chi connectivity index (χ1) is 16.8. The van der Waals surface area contributed by atoms with Crippen LogP contribution >= 0.6 is 0 Å². The quantitative estimate of drug-likeness (QED) is 0.128. The zero-order chi connectivity index (χ0) is 27.4. The fourth-order valence-corrected chi connectivity index (χ4v) is 2.99. The lowest BCUT2D eigenvalue weighted by Crippen LogP contribution is -2.57. The number of carbonyl (C=O) groups excluding carboxylic acids is 4. The zero-order valence-corrected chi connectivity index (χ0v) is 19.6. The monoisotopic (exact) mass is 509 g/mol. The molecule has 0 aliphatic heterocycles. The Kier molecular flexibility index (Phi) is 11.8. The predicted molar refractivity (Wildman–Crippen MR) is 124 cm³/mol. The van der Waals surface area contributed by atoms with Crippen LogP contribution in [-0.4, -0.2) is 75.1 Å². The molecule has 0 heterocycles. The molecule has 0 aromatic heterocycles. The molecule has 0 saturated carbocycles. The van der Waals surface area contributed by atoms with Crippen molar-refractivity contribution in [1.82, 2.24) is 16.0 Å². The number of hydrogen-bond acceptors (Lipinski definition) is 8. The Hall–Kier alpha value is -4.20. The minimum absolute atomic E-state index is 0.0194. The maximum Gasteiger partial charge on any atom is 0.326 e. The van der Waals surface area contributed by atoms with Crippen molar-refractivity contribution in [3.63, 3.8) is 0 Å². The zero-order valence-electron chi connectivity index (χ0n) is 19.6. The van der Waals surface area contributed by atoms with Crippen molar-refractivity contribution in [2.45, 2.75) is 63.2 Å². The van der Waals surface area contributed by atoms with Crippen LogP contribution in [0.25, 0.3) is 0 Å². The van der Waals surface area contributed by atoms with Crippen LogP contribution < -0.4 is 27.4 Å². The lowest BCUT2D eigenvalue weighted by molar-refractivity contribution is -0.142. The maximum atomic E-state index is 12.9. The van der Waals surface area contributed by atoms with Gasteiger partial charge in [0.05, 0.1) is 6.04 Å². The molecule has 14 nitrogen and oxygen atoms in total. The number of hydrogen-bond donors (Lipinski definition) is 8. The van der Waals surface area contributed by atoms with E-state index in [4.69, 9.17) is 16.6 Å². The number of benzene rings is 1. The summed E-state index contributed by atoms with van der Waals surface area (Å²) in [4.78, 5) is 70.8. The van der Waals surface area contributed by atoms with Crippen molar-refractivity contribution in [2.75, 3.05) is 0 Å². The van der Waals surface area contributed by atoms with Crippen molar-refractivity contribution in [2.24, 2.45) is 11.5 Å². The summed E-state index contributed by atoms with van der Waals surface area (Å²) in [6, 6.07) is 0.683. The van der Waals surface area contributed by atoms with E-state index in [1.54, 1.807) is 0 Å². The van der Waals surface area contributed by atoms with Crippen molar-refractivity contribution in [3.05, 3.63) is 29.8 Å². The molecule has 4 unspecified atom stereocenters. The van der Waals surface area contributed by atoms with Gasteiger partial charge in [0.2, 0.25) is 23.6 Å². The SMILES string of the molecule is CC(NC(=O)C(Cc1ccc(O)cc1)NC(=O)C(N)CCC(=O)O)C(=O)NC(CCC(N)=O)C(=O)O. The molecule has 4 amide bonds. The lowest BCUT2D eigenvalue weighted by atomic mass is 10.0. The fourth-order valence-electron chi connectivity index (χ4n) is 2.99. The molecule has 0 bridgehead atoms. The van der Waals surface area contributed by atoms with E-state index in [9.17, 15) is 39.0 Å². The summed E-state index contributed by atoms with van der Waals surface area (Å²) in [6.45, 7) is 1.29. The number of phenols is 1. The minimum Gasteiger partial charge on any atom is -0.508 e. The Balaban J connectivity index is 2.92. The normalized spacial score (nSPS) is 13.9. The van der Waals surface area contributed by atoms with Gasteiger partial charge in [0.15, 0.2) is 0 Å². The molecule has 0 aliphatic rings. The number of carboxylic acids is 2. The third kappa shape index (κ3) is 10.8. The molecule has 36 heavy (non-hydrogen) atoms. The Morgan fingerprint density at radius 3 is 1.94 bits per heavy atom. The van der Waals surface area contributed by atoms with Gasteiger partial charge in [-0.15, -0.1) is 0 Å². The number of carbonyl (C=O) groups is 6. The fraction of sp³-hybridized carbons (Fsp3) is 0.455. The second kappa shape index (κ2) is 14.3. The highest BCUT2D eigenvalue weighted by Crippen LogP contribution is 2.12. The van der Waals surface area contributed by atoms with Crippen LogP contribution in [0.3, 0.4) is 0 Å².